The van der Waals surface area contributed by atoms with Gasteiger partial charge in [-0.3, -0.25) is 13.9 Å². The predicted octanol–water partition coefficient (Wildman–Crippen LogP) is 3.29. The Balaban J connectivity index is 1.91. The van der Waals surface area contributed by atoms with E-state index in [0.717, 1.165) is 31.0 Å². The van der Waals surface area contributed by atoms with E-state index in [9.17, 15) is 9.59 Å². The molecule has 160 valence electrons. The summed E-state index contributed by atoms with van der Waals surface area (Å²) >= 11 is 0. The van der Waals surface area contributed by atoms with Crippen LogP contribution in [0.1, 0.15) is 39.7 Å². The predicted molar refractivity (Wildman–Crippen MR) is 121 cm³/mol. The zero-order valence-electron chi connectivity index (χ0n) is 18.6. The van der Waals surface area contributed by atoms with Crippen molar-refractivity contribution in [1.82, 2.24) is 18.7 Å². The molecular weight excluding hydrogens is 378 g/mol. The third-order valence-corrected chi connectivity index (χ3v) is 6.03. The minimum absolute atomic E-state index is 0.233. The Labute approximate surface area is 176 Å². The number of nitrogens with zero attached hydrogens (tertiary/aromatic N) is 5. The van der Waals surface area contributed by atoms with Crippen LogP contribution in [0.15, 0.2) is 33.9 Å². The summed E-state index contributed by atoms with van der Waals surface area (Å²) in [6.45, 7) is 10.5. The summed E-state index contributed by atoms with van der Waals surface area (Å²) in [7, 11) is 1.71. The molecule has 4 rings (SSSR count). The summed E-state index contributed by atoms with van der Waals surface area (Å²) in [5.74, 6) is 1.50. The second-order valence-corrected chi connectivity index (χ2v) is 8.91. The molecule has 0 radical (unpaired) electrons. The minimum atomic E-state index is -0.296. The molecule has 30 heavy (non-hydrogen) atoms. The van der Waals surface area contributed by atoms with E-state index in [4.69, 9.17) is 4.98 Å². The molecule has 3 aromatic rings. The third kappa shape index (κ3) is 3.36. The number of fused-ring (bicyclic) bond motifs is 3. The van der Waals surface area contributed by atoms with Gasteiger partial charge in [0.05, 0.1) is 0 Å². The van der Waals surface area contributed by atoms with Crippen LogP contribution in [-0.2, 0) is 26.6 Å². The first kappa shape index (κ1) is 20.4. The van der Waals surface area contributed by atoms with Crippen molar-refractivity contribution in [3.63, 3.8) is 0 Å². The van der Waals surface area contributed by atoms with Crippen LogP contribution in [0.25, 0.3) is 11.2 Å². The van der Waals surface area contributed by atoms with Crippen LogP contribution >= 0.6 is 0 Å². The fraction of sp³-hybridized carbons (Fsp3) is 0.522. The maximum atomic E-state index is 13.4. The molecule has 1 aromatic carbocycles. The molecule has 0 saturated heterocycles. The molecule has 0 N–H and O–H groups in total. The van der Waals surface area contributed by atoms with Gasteiger partial charge in [-0.15, -0.1) is 0 Å². The van der Waals surface area contributed by atoms with Crippen molar-refractivity contribution in [2.45, 2.75) is 53.6 Å². The van der Waals surface area contributed by atoms with Gasteiger partial charge >= 0.3 is 5.69 Å². The Morgan fingerprint density at radius 1 is 1.13 bits per heavy atom. The summed E-state index contributed by atoms with van der Waals surface area (Å²) < 4.78 is 4.90. The monoisotopic (exact) mass is 409 g/mol. The van der Waals surface area contributed by atoms with E-state index in [-0.39, 0.29) is 11.2 Å². The second-order valence-electron chi connectivity index (χ2n) is 8.91. The molecule has 0 unspecified atom stereocenters. The molecule has 0 amide bonds. The third-order valence-electron chi connectivity index (χ3n) is 6.03. The molecule has 3 heterocycles. The molecule has 0 aliphatic carbocycles. The van der Waals surface area contributed by atoms with Crippen LogP contribution in [-0.4, -0.2) is 25.2 Å². The van der Waals surface area contributed by atoms with Crippen molar-refractivity contribution in [3.8, 4) is 0 Å². The lowest BCUT2D eigenvalue weighted by Crippen LogP contribution is -2.40. The van der Waals surface area contributed by atoms with Gasteiger partial charge in [-0.25, -0.2) is 4.79 Å². The van der Waals surface area contributed by atoms with Gasteiger partial charge < -0.3 is 9.47 Å². The summed E-state index contributed by atoms with van der Waals surface area (Å²) in [4.78, 5) is 33.2. The van der Waals surface area contributed by atoms with Crippen molar-refractivity contribution in [2.24, 2.45) is 18.9 Å². The molecule has 2 aromatic heterocycles. The molecule has 1 aliphatic rings. The van der Waals surface area contributed by atoms with Gasteiger partial charge in [0.25, 0.3) is 5.56 Å². The number of rotatable bonds is 5. The van der Waals surface area contributed by atoms with Crippen molar-refractivity contribution in [2.75, 3.05) is 11.4 Å². The Hall–Kier alpha value is -2.83. The zero-order valence-corrected chi connectivity index (χ0v) is 18.6. The molecule has 0 spiro atoms. The van der Waals surface area contributed by atoms with Gasteiger partial charge in [0.1, 0.15) is 0 Å². The number of aryl methyl sites for hydroxylation is 2. The minimum Gasteiger partial charge on any atom is -0.312 e. The lowest BCUT2D eigenvalue weighted by molar-refractivity contribution is 0.455. The standard InChI is InChI=1S/C23H31N5O2/c1-6-17-7-9-18(10-8-17)27-13-16(4)14-28-19-20(24-22(27)28)25(5)23(30)26(21(19)29)12-11-15(2)3/h7-10,15-16H,6,11-14H2,1-5H3/t16-/m1/s1. The molecule has 1 atom stereocenters. The number of benzene rings is 1. The van der Waals surface area contributed by atoms with Gasteiger partial charge in [0, 0.05) is 32.4 Å². The summed E-state index contributed by atoms with van der Waals surface area (Å²) in [5, 5.41) is 0. The number of hydrogen-bond donors (Lipinski definition) is 0. The highest BCUT2D eigenvalue weighted by Gasteiger charge is 2.29. The van der Waals surface area contributed by atoms with Gasteiger partial charge in [-0.2, -0.15) is 4.98 Å². The number of imidazole rings is 1. The maximum Gasteiger partial charge on any atom is 0.332 e. The quantitative estimate of drug-likeness (QED) is 0.649. The van der Waals surface area contributed by atoms with Crippen LogP contribution in [0, 0.1) is 11.8 Å². The highest BCUT2D eigenvalue weighted by molar-refractivity contribution is 5.77. The molecule has 0 bridgehead atoms. The zero-order chi connectivity index (χ0) is 21.6. The van der Waals surface area contributed by atoms with Crippen LogP contribution in [0.3, 0.4) is 0 Å². The van der Waals surface area contributed by atoms with Crippen LogP contribution in [0.5, 0.6) is 0 Å². The molecule has 0 saturated carbocycles. The highest BCUT2D eigenvalue weighted by atomic mass is 16.2. The van der Waals surface area contributed by atoms with Gasteiger partial charge in [-0.05, 0) is 42.4 Å². The van der Waals surface area contributed by atoms with Crippen LogP contribution in [0.2, 0.25) is 0 Å². The Morgan fingerprint density at radius 3 is 2.47 bits per heavy atom. The number of anilines is 2. The second kappa shape index (κ2) is 7.78. The van der Waals surface area contributed by atoms with Crippen molar-refractivity contribution < 1.29 is 0 Å². The van der Waals surface area contributed by atoms with Crippen molar-refractivity contribution in [1.29, 1.82) is 0 Å². The topological polar surface area (TPSA) is 65.1 Å². The maximum absolute atomic E-state index is 13.4. The SMILES string of the molecule is CCc1ccc(N2C[C@@H](C)Cn3c2nc2c3c(=O)n(CCC(C)C)c(=O)n2C)cc1. The summed E-state index contributed by atoms with van der Waals surface area (Å²) in [6.07, 6.45) is 1.78. The van der Waals surface area contributed by atoms with E-state index in [1.54, 1.807) is 7.05 Å². The summed E-state index contributed by atoms with van der Waals surface area (Å²) in [6, 6.07) is 8.49. The first-order chi connectivity index (χ1) is 14.3. The normalized spacial score (nSPS) is 16.5. The van der Waals surface area contributed by atoms with Gasteiger partial charge in [-0.1, -0.05) is 39.8 Å². The lowest BCUT2D eigenvalue weighted by atomic mass is 10.1. The smallest absolute Gasteiger partial charge is 0.312 e. The fourth-order valence-corrected chi connectivity index (χ4v) is 4.22. The van der Waals surface area contributed by atoms with Crippen molar-refractivity contribution in [3.05, 3.63) is 50.7 Å². The largest absolute Gasteiger partial charge is 0.332 e. The van der Waals surface area contributed by atoms with Crippen LogP contribution in [0.4, 0.5) is 11.6 Å². The van der Waals surface area contributed by atoms with E-state index < -0.39 is 0 Å². The van der Waals surface area contributed by atoms with Crippen LogP contribution < -0.4 is 16.1 Å². The average molecular weight is 410 g/mol. The van der Waals surface area contributed by atoms with Gasteiger partial charge in [0.2, 0.25) is 5.95 Å². The summed E-state index contributed by atoms with van der Waals surface area (Å²) in [5.41, 5.74) is 2.80. The Bertz CT molecular complexity index is 1180. The molecule has 1 aliphatic heterocycles. The van der Waals surface area contributed by atoms with E-state index in [1.165, 1.54) is 14.7 Å². The molecular formula is C23H31N5O2. The van der Waals surface area contributed by atoms with E-state index >= 15 is 0 Å². The first-order valence-corrected chi connectivity index (χ1v) is 10.9. The van der Waals surface area contributed by atoms with Crippen molar-refractivity contribution >= 4 is 22.8 Å². The Morgan fingerprint density at radius 2 is 1.83 bits per heavy atom. The number of hydrogen-bond acceptors (Lipinski definition) is 4. The molecule has 0 fully saturated rings. The highest BCUT2D eigenvalue weighted by Crippen LogP contribution is 2.32. The fourth-order valence-electron chi connectivity index (χ4n) is 4.22. The average Bonchev–Trinajstić information content (AvgIpc) is 3.11. The van der Waals surface area contributed by atoms with E-state index in [2.05, 4.69) is 56.9 Å². The number of aromatic nitrogens is 4. The molecule has 7 heteroatoms. The van der Waals surface area contributed by atoms with Gasteiger partial charge in [0.15, 0.2) is 11.2 Å². The van der Waals surface area contributed by atoms with E-state index in [1.807, 2.05) is 4.57 Å². The molecule has 7 nitrogen and oxygen atoms in total. The van der Waals surface area contributed by atoms with E-state index in [0.29, 0.717) is 36.1 Å². The first-order valence-electron chi connectivity index (χ1n) is 10.9. The Kier molecular flexibility index (Phi) is 5.30. The lowest BCUT2D eigenvalue weighted by Gasteiger charge is -2.33.